The molecule has 2 heterocycles. The van der Waals surface area contributed by atoms with Crippen molar-refractivity contribution in [2.45, 2.75) is 64.4 Å². The van der Waals surface area contributed by atoms with Crippen molar-refractivity contribution in [1.29, 1.82) is 0 Å². The van der Waals surface area contributed by atoms with Gasteiger partial charge in [-0.2, -0.15) is 0 Å². The molecule has 3 heteroatoms. The molecule has 3 nitrogen and oxygen atoms in total. The average molecular weight is 318 g/mol. The number of hydrogen-bond acceptors (Lipinski definition) is 2. The molecule has 0 aromatic heterocycles. The van der Waals surface area contributed by atoms with Crippen LogP contribution >= 0.6 is 0 Å². The van der Waals surface area contributed by atoms with Crippen molar-refractivity contribution >= 4 is 5.97 Å². The first-order valence-electron chi connectivity index (χ1n) is 9.78. The van der Waals surface area contributed by atoms with Gasteiger partial charge >= 0.3 is 5.97 Å². The first kappa shape index (κ1) is 15.7. The quantitative estimate of drug-likeness (QED) is 0.626. The molecule has 2 aliphatic heterocycles. The number of esters is 1. The number of rotatable bonds is 2. The number of piperidine rings is 1. The lowest BCUT2D eigenvalue weighted by molar-refractivity contribution is -0.907. The Balaban J connectivity index is 1.50. The van der Waals surface area contributed by atoms with E-state index in [1.54, 1.807) is 4.90 Å². The van der Waals surface area contributed by atoms with Gasteiger partial charge in [-0.15, -0.1) is 0 Å². The van der Waals surface area contributed by atoms with Gasteiger partial charge in [0.2, 0.25) is 0 Å². The van der Waals surface area contributed by atoms with Gasteiger partial charge in [-0.05, 0) is 62.7 Å². The van der Waals surface area contributed by atoms with E-state index in [1.165, 1.54) is 57.2 Å². The molecule has 2 saturated carbocycles. The summed E-state index contributed by atoms with van der Waals surface area (Å²) in [5, 5.41) is 0. The van der Waals surface area contributed by atoms with Crippen LogP contribution in [0.1, 0.15) is 58.3 Å². The molecule has 4 fully saturated rings. The molecular formula is C20H32NO2+. The molecule has 23 heavy (non-hydrogen) atoms. The van der Waals surface area contributed by atoms with E-state index in [1.807, 2.05) is 0 Å². The first-order valence-corrected chi connectivity index (χ1v) is 9.78. The molecule has 0 spiro atoms. The van der Waals surface area contributed by atoms with Crippen LogP contribution in [0.15, 0.2) is 12.2 Å². The maximum Gasteiger partial charge on any atom is 0.315 e. The van der Waals surface area contributed by atoms with Gasteiger partial charge in [0.05, 0.1) is 19.6 Å². The minimum Gasteiger partial charge on any atom is -0.462 e. The lowest BCUT2D eigenvalue weighted by atomic mass is 9.55. The van der Waals surface area contributed by atoms with Gasteiger partial charge in [-0.25, -0.2) is 0 Å². The molecule has 128 valence electrons. The zero-order chi connectivity index (χ0) is 16.0. The number of likely N-dealkylation sites (tertiary alicyclic amines) is 1. The standard InChI is InChI=1S/C20H31NO2/c1-14-7-6-8-20(2)12-18-15(11-17(14)20)16(19(22)23-18)13-21-9-4-3-5-10-21/h15-18H,1,3-13H2,2H3/p+1/t15-,16-,17-,18-,20-/m1/s1. The Morgan fingerprint density at radius 2 is 2.04 bits per heavy atom. The second kappa shape index (κ2) is 5.91. The van der Waals surface area contributed by atoms with Gasteiger partial charge < -0.3 is 9.64 Å². The average Bonchev–Trinajstić information content (AvgIpc) is 2.81. The summed E-state index contributed by atoms with van der Waals surface area (Å²) in [5.41, 5.74) is 1.77. The van der Waals surface area contributed by atoms with Crippen molar-refractivity contribution in [3.05, 3.63) is 12.2 Å². The third-order valence-electron chi connectivity index (χ3n) is 7.39. The largest absolute Gasteiger partial charge is 0.462 e. The highest BCUT2D eigenvalue weighted by atomic mass is 16.6. The van der Waals surface area contributed by atoms with Crippen LogP contribution in [0.3, 0.4) is 0 Å². The zero-order valence-electron chi connectivity index (χ0n) is 14.6. The van der Waals surface area contributed by atoms with Crippen LogP contribution in [0.4, 0.5) is 0 Å². The topological polar surface area (TPSA) is 30.7 Å². The Kier molecular flexibility index (Phi) is 4.03. The molecule has 0 aromatic rings. The van der Waals surface area contributed by atoms with Crippen molar-refractivity contribution in [3.63, 3.8) is 0 Å². The minimum atomic E-state index is 0.103. The Morgan fingerprint density at radius 1 is 1.26 bits per heavy atom. The van der Waals surface area contributed by atoms with E-state index in [4.69, 9.17) is 4.74 Å². The molecule has 0 amide bonds. The summed E-state index contributed by atoms with van der Waals surface area (Å²) >= 11 is 0. The number of fused-ring (bicyclic) bond motifs is 2. The molecule has 2 saturated heterocycles. The van der Waals surface area contributed by atoms with Crippen LogP contribution in [-0.2, 0) is 9.53 Å². The Labute approximate surface area is 140 Å². The predicted molar refractivity (Wildman–Crippen MR) is 90.1 cm³/mol. The number of allylic oxidation sites excluding steroid dienone is 1. The number of nitrogens with one attached hydrogen (secondary N) is 1. The molecule has 4 rings (SSSR count). The molecule has 1 N–H and O–H groups in total. The molecule has 4 aliphatic rings. The molecule has 0 radical (unpaired) electrons. The summed E-state index contributed by atoms with van der Waals surface area (Å²) in [7, 11) is 0. The van der Waals surface area contributed by atoms with Crippen LogP contribution in [0.25, 0.3) is 0 Å². The van der Waals surface area contributed by atoms with E-state index in [0.717, 1.165) is 19.4 Å². The van der Waals surface area contributed by atoms with E-state index in [0.29, 0.717) is 17.3 Å². The van der Waals surface area contributed by atoms with Crippen LogP contribution in [-0.4, -0.2) is 31.7 Å². The van der Waals surface area contributed by atoms with Crippen molar-refractivity contribution in [3.8, 4) is 0 Å². The van der Waals surface area contributed by atoms with E-state index < -0.39 is 0 Å². The minimum absolute atomic E-state index is 0.103. The van der Waals surface area contributed by atoms with Gasteiger partial charge in [0.1, 0.15) is 12.0 Å². The number of carbonyl (C=O) groups is 1. The first-order chi connectivity index (χ1) is 11.1. The molecule has 0 aromatic carbocycles. The number of hydrogen-bond donors (Lipinski definition) is 1. The Bertz CT molecular complexity index is 496. The van der Waals surface area contributed by atoms with Crippen molar-refractivity contribution < 1.29 is 14.4 Å². The number of ether oxygens (including phenoxy) is 1. The fourth-order valence-electron chi connectivity index (χ4n) is 6.06. The SMILES string of the molecule is C=C1CCC[C@]2(C)C[C@H]3OC(=O)[C@H](C[NH+]4CCCCC4)[C@H]3C[C@H]12. The molecule has 2 aliphatic carbocycles. The smallest absolute Gasteiger partial charge is 0.315 e. The maximum absolute atomic E-state index is 12.5. The summed E-state index contributed by atoms with van der Waals surface area (Å²) in [4.78, 5) is 14.2. The summed E-state index contributed by atoms with van der Waals surface area (Å²) in [6.07, 6.45) is 10.1. The second-order valence-corrected chi connectivity index (χ2v) is 8.92. The highest BCUT2D eigenvalue weighted by Gasteiger charge is 2.55. The summed E-state index contributed by atoms with van der Waals surface area (Å²) in [5.74, 6) is 1.31. The number of quaternary nitrogens is 1. The molecule has 0 unspecified atom stereocenters. The third-order valence-corrected chi connectivity index (χ3v) is 7.39. The summed E-state index contributed by atoms with van der Waals surface area (Å²) in [6.45, 7) is 10.3. The van der Waals surface area contributed by atoms with Gasteiger partial charge in [-0.1, -0.05) is 19.1 Å². The van der Waals surface area contributed by atoms with E-state index in [-0.39, 0.29) is 18.0 Å². The fourth-order valence-corrected chi connectivity index (χ4v) is 6.06. The Hall–Kier alpha value is -0.830. The maximum atomic E-state index is 12.5. The van der Waals surface area contributed by atoms with E-state index >= 15 is 0 Å². The van der Waals surface area contributed by atoms with Crippen molar-refractivity contribution in [2.75, 3.05) is 19.6 Å². The van der Waals surface area contributed by atoms with Gasteiger partial charge in [-0.3, -0.25) is 4.79 Å². The highest BCUT2D eigenvalue weighted by molar-refractivity contribution is 5.75. The van der Waals surface area contributed by atoms with Gasteiger partial charge in [0.25, 0.3) is 0 Å². The third kappa shape index (κ3) is 2.75. The van der Waals surface area contributed by atoms with Gasteiger partial charge in [0.15, 0.2) is 0 Å². The van der Waals surface area contributed by atoms with Crippen molar-refractivity contribution in [1.82, 2.24) is 0 Å². The molecule has 5 atom stereocenters. The highest BCUT2D eigenvalue weighted by Crippen LogP contribution is 2.56. The molecule has 0 bridgehead atoms. The molecular weight excluding hydrogens is 286 g/mol. The zero-order valence-corrected chi connectivity index (χ0v) is 14.6. The lowest BCUT2D eigenvalue weighted by Gasteiger charge is -2.50. The van der Waals surface area contributed by atoms with Gasteiger partial charge in [0, 0.05) is 5.92 Å². The lowest BCUT2D eigenvalue weighted by Crippen LogP contribution is -3.13. The van der Waals surface area contributed by atoms with Crippen LogP contribution < -0.4 is 4.90 Å². The number of carbonyl (C=O) groups excluding carboxylic acids is 1. The summed E-state index contributed by atoms with van der Waals surface area (Å²) < 4.78 is 5.89. The van der Waals surface area contributed by atoms with Crippen LogP contribution in [0.2, 0.25) is 0 Å². The van der Waals surface area contributed by atoms with Crippen LogP contribution in [0.5, 0.6) is 0 Å². The monoisotopic (exact) mass is 318 g/mol. The normalized spacial score (nSPS) is 44.6. The van der Waals surface area contributed by atoms with E-state index in [2.05, 4.69) is 13.5 Å². The predicted octanol–water partition coefficient (Wildman–Crippen LogP) is 2.37. The second-order valence-electron chi connectivity index (χ2n) is 8.92. The van der Waals surface area contributed by atoms with Crippen LogP contribution in [0, 0.1) is 23.2 Å². The van der Waals surface area contributed by atoms with Crippen molar-refractivity contribution in [2.24, 2.45) is 23.2 Å². The Morgan fingerprint density at radius 3 is 2.83 bits per heavy atom. The van der Waals surface area contributed by atoms with E-state index in [9.17, 15) is 4.79 Å². The fraction of sp³-hybridized carbons (Fsp3) is 0.850. The summed E-state index contributed by atoms with van der Waals surface area (Å²) in [6, 6.07) is 0.